The highest BCUT2D eigenvalue weighted by atomic mass is 16.3. The molecule has 15 heavy (non-hydrogen) atoms. The highest BCUT2D eigenvalue weighted by Gasteiger charge is 2.07. The van der Waals surface area contributed by atoms with Crippen molar-refractivity contribution >= 4 is 0 Å². The summed E-state index contributed by atoms with van der Waals surface area (Å²) in [6.45, 7) is 2.98. The minimum Gasteiger partial charge on any atom is -0.507 e. The third-order valence-corrected chi connectivity index (χ3v) is 2.33. The van der Waals surface area contributed by atoms with Gasteiger partial charge in [0.1, 0.15) is 5.75 Å². The highest BCUT2D eigenvalue weighted by Crippen LogP contribution is 2.28. The lowest BCUT2D eigenvalue weighted by atomic mass is 10.1. The smallest absolute Gasteiger partial charge is 0.124 e. The molecule has 3 nitrogen and oxygen atoms in total. The molecule has 0 saturated heterocycles. The fraction of sp³-hybridized carbons (Fsp3) is 0.250. The van der Waals surface area contributed by atoms with Gasteiger partial charge >= 0.3 is 0 Å². The first-order valence-corrected chi connectivity index (χ1v) is 5.13. The number of para-hydroxylation sites is 1. The largest absolute Gasteiger partial charge is 0.507 e. The number of aromatic nitrogens is 2. The predicted molar refractivity (Wildman–Crippen MR) is 59.6 cm³/mol. The van der Waals surface area contributed by atoms with Crippen LogP contribution in [0.1, 0.15) is 13.3 Å². The molecule has 0 spiro atoms. The number of hydrogen-bond acceptors (Lipinski definition) is 2. The van der Waals surface area contributed by atoms with Crippen molar-refractivity contribution in [3.63, 3.8) is 0 Å². The zero-order valence-corrected chi connectivity index (χ0v) is 8.72. The molecule has 0 aliphatic carbocycles. The quantitative estimate of drug-likeness (QED) is 0.830. The van der Waals surface area contributed by atoms with Gasteiger partial charge in [-0.2, -0.15) is 5.10 Å². The maximum absolute atomic E-state index is 9.73. The van der Waals surface area contributed by atoms with Crippen molar-refractivity contribution in [3.8, 4) is 17.0 Å². The minimum atomic E-state index is 0.301. The number of aryl methyl sites for hydroxylation is 1. The van der Waals surface area contributed by atoms with Gasteiger partial charge < -0.3 is 5.11 Å². The Bertz CT molecular complexity index is 448. The van der Waals surface area contributed by atoms with E-state index in [1.165, 1.54) is 0 Å². The molecule has 0 fully saturated rings. The normalized spacial score (nSPS) is 10.5. The van der Waals surface area contributed by atoms with Crippen molar-refractivity contribution < 1.29 is 5.11 Å². The third kappa shape index (κ3) is 1.86. The molecular formula is C12H14N2O. The van der Waals surface area contributed by atoms with Gasteiger partial charge in [-0.15, -0.1) is 0 Å². The van der Waals surface area contributed by atoms with Crippen molar-refractivity contribution in [2.75, 3.05) is 0 Å². The van der Waals surface area contributed by atoms with Crippen LogP contribution in [0.5, 0.6) is 5.75 Å². The van der Waals surface area contributed by atoms with E-state index in [2.05, 4.69) is 12.0 Å². The lowest BCUT2D eigenvalue weighted by molar-refractivity contribution is 0.476. The first-order chi connectivity index (χ1) is 7.33. The summed E-state index contributed by atoms with van der Waals surface area (Å²) in [6, 6.07) is 9.25. The zero-order valence-electron chi connectivity index (χ0n) is 8.72. The molecule has 0 amide bonds. The van der Waals surface area contributed by atoms with Crippen LogP contribution in [-0.2, 0) is 6.54 Å². The third-order valence-electron chi connectivity index (χ3n) is 2.33. The van der Waals surface area contributed by atoms with Crippen LogP contribution < -0.4 is 0 Å². The Labute approximate surface area is 89.0 Å². The van der Waals surface area contributed by atoms with E-state index in [-0.39, 0.29) is 0 Å². The summed E-state index contributed by atoms with van der Waals surface area (Å²) in [7, 11) is 0. The van der Waals surface area contributed by atoms with Crippen LogP contribution >= 0.6 is 0 Å². The average molecular weight is 202 g/mol. The summed E-state index contributed by atoms with van der Waals surface area (Å²) < 4.78 is 1.91. The Morgan fingerprint density at radius 1 is 1.27 bits per heavy atom. The van der Waals surface area contributed by atoms with Gasteiger partial charge in [0.2, 0.25) is 0 Å². The van der Waals surface area contributed by atoms with Crippen LogP contribution in [0.2, 0.25) is 0 Å². The standard InChI is InChI=1S/C12H14N2O/c1-2-9-14-11(7-8-13-14)10-5-3-4-6-12(10)15/h3-8,15H,2,9H2,1H3. The molecule has 1 aromatic carbocycles. The van der Waals surface area contributed by atoms with Crippen LogP contribution in [0, 0.1) is 0 Å². The molecule has 3 heteroatoms. The fourth-order valence-corrected chi connectivity index (χ4v) is 1.64. The summed E-state index contributed by atoms with van der Waals surface area (Å²) in [5.41, 5.74) is 1.80. The highest BCUT2D eigenvalue weighted by molar-refractivity contribution is 5.66. The number of nitrogens with zero attached hydrogens (tertiary/aromatic N) is 2. The molecule has 1 heterocycles. The van der Waals surface area contributed by atoms with E-state index in [1.54, 1.807) is 12.3 Å². The molecule has 78 valence electrons. The Morgan fingerprint density at radius 3 is 2.80 bits per heavy atom. The van der Waals surface area contributed by atoms with E-state index in [0.717, 1.165) is 24.2 Å². The SMILES string of the molecule is CCCn1nccc1-c1ccccc1O. The number of phenolic OH excluding ortho intramolecular Hbond substituents is 1. The molecule has 0 saturated carbocycles. The first kappa shape index (κ1) is 9.77. The molecule has 2 aromatic rings. The Kier molecular flexibility index (Phi) is 2.72. The zero-order chi connectivity index (χ0) is 10.7. The number of aromatic hydroxyl groups is 1. The van der Waals surface area contributed by atoms with Gasteiger partial charge in [-0.25, -0.2) is 0 Å². The van der Waals surface area contributed by atoms with Gasteiger partial charge in [-0.05, 0) is 24.6 Å². The van der Waals surface area contributed by atoms with Crippen molar-refractivity contribution in [2.24, 2.45) is 0 Å². The number of benzene rings is 1. The summed E-state index contributed by atoms with van der Waals surface area (Å²) in [5, 5.41) is 14.0. The fourth-order valence-electron chi connectivity index (χ4n) is 1.64. The molecule has 0 aliphatic heterocycles. The molecule has 1 N–H and O–H groups in total. The van der Waals surface area contributed by atoms with Crippen LogP contribution in [0.15, 0.2) is 36.5 Å². The molecule has 2 rings (SSSR count). The number of hydrogen-bond donors (Lipinski definition) is 1. The Balaban J connectivity index is 2.45. The Morgan fingerprint density at radius 2 is 2.07 bits per heavy atom. The van der Waals surface area contributed by atoms with Crippen LogP contribution in [-0.4, -0.2) is 14.9 Å². The van der Waals surface area contributed by atoms with Gasteiger partial charge in [0.15, 0.2) is 0 Å². The summed E-state index contributed by atoms with van der Waals surface area (Å²) in [6.07, 6.45) is 2.79. The summed E-state index contributed by atoms with van der Waals surface area (Å²) in [5.74, 6) is 0.301. The average Bonchev–Trinajstić information content (AvgIpc) is 2.67. The van der Waals surface area contributed by atoms with Crippen molar-refractivity contribution in [1.82, 2.24) is 9.78 Å². The van der Waals surface area contributed by atoms with Gasteiger partial charge in [0.05, 0.1) is 5.69 Å². The van der Waals surface area contributed by atoms with Gasteiger partial charge in [0, 0.05) is 18.3 Å². The lowest BCUT2D eigenvalue weighted by Gasteiger charge is -2.07. The summed E-state index contributed by atoms with van der Waals surface area (Å²) in [4.78, 5) is 0. The Hall–Kier alpha value is -1.77. The molecular weight excluding hydrogens is 188 g/mol. The molecule has 0 bridgehead atoms. The second-order valence-corrected chi connectivity index (χ2v) is 3.46. The second kappa shape index (κ2) is 4.17. The number of phenols is 1. The predicted octanol–water partition coefficient (Wildman–Crippen LogP) is 2.67. The maximum atomic E-state index is 9.73. The molecule has 0 unspecified atom stereocenters. The van der Waals surface area contributed by atoms with Gasteiger partial charge in [0.25, 0.3) is 0 Å². The van der Waals surface area contributed by atoms with E-state index in [1.807, 2.05) is 28.9 Å². The maximum Gasteiger partial charge on any atom is 0.124 e. The summed E-state index contributed by atoms with van der Waals surface area (Å²) >= 11 is 0. The second-order valence-electron chi connectivity index (χ2n) is 3.46. The van der Waals surface area contributed by atoms with Crippen molar-refractivity contribution in [1.29, 1.82) is 0 Å². The molecule has 0 aliphatic rings. The molecule has 0 atom stereocenters. The van der Waals surface area contributed by atoms with Gasteiger partial charge in [-0.1, -0.05) is 19.1 Å². The van der Waals surface area contributed by atoms with E-state index in [9.17, 15) is 5.11 Å². The molecule has 0 radical (unpaired) electrons. The van der Waals surface area contributed by atoms with E-state index < -0.39 is 0 Å². The topological polar surface area (TPSA) is 38.0 Å². The lowest BCUT2D eigenvalue weighted by Crippen LogP contribution is -2.00. The van der Waals surface area contributed by atoms with Crippen LogP contribution in [0.3, 0.4) is 0 Å². The molecule has 1 aromatic heterocycles. The first-order valence-electron chi connectivity index (χ1n) is 5.13. The minimum absolute atomic E-state index is 0.301. The number of rotatable bonds is 3. The van der Waals surface area contributed by atoms with Gasteiger partial charge in [-0.3, -0.25) is 4.68 Å². The van der Waals surface area contributed by atoms with Crippen molar-refractivity contribution in [3.05, 3.63) is 36.5 Å². The van der Waals surface area contributed by atoms with Crippen LogP contribution in [0.25, 0.3) is 11.3 Å². The monoisotopic (exact) mass is 202 g/mol. The van der Waals surface area contributed by atoms with E-state index >= 15 is 0 Å². The van der Waals surface area contributed by atoms with E-state index in [0.29, 0.717) is 5.75 Å². The van der Waals surface area contributed by atoms with Crippen molar-refractivity contribution in [2.45, 2.75) is 19.9 Å². The van der Waals surface area contributed by atoms with E-state index in [4.69, 9.17) is 0 Å². The van der Waals surface area contributed by atoms with Crippen LogP contribution in [0.4, 0.5) is 0 Å².